The van der Waals surface area contributed by atoms with Gasteiger partial charge in [-0.1, -0.05) is 37.6 Å². The van der Waals surface area contributed by atoms with E-state index in [1.54, 1.807) is 27.8 Å². The van der Waals surface area contributed by atoms with Crippen LogP contribution in [-0.2, 0) is 14.3 Å². The predicted octanol–water partition coefficient (Wildman–Crippen LogP) is 3.88. The number of ether oxygens (including phenoxy) is 1. The second-order valence-electron chi connectivity index (χ2n) is 9.74. The summed E-state index contributed by atoms with van der Waals surface area (Å²) in [6, 6.07) is 4.06. The van der Waals surface area contributed by atoms with Gasteiger partial charge in [-0.15, -0.1) is 0 Å². The Kier molecular flexibility index (Phi) is 9.09. The van der Waals surface area contributed by atoms with E-state index in [2.05, 4.69) is 10.6 Å². The van der Waals surface area contributed by atoms with Gasteiger partial charge in [-0.3, -0.25) is 9.59 Å². The third-order valence-electron chi connectivity index (χ3n) is 4.74. The lowest BCUT2D eigenvalue weighted by molar-refractivity contribution is -0.141. The fourth-order valence-electron chi connectivity index (χ4n) is 3.32. The van der Waals surface area contributed by atoms with Gasteiger partial charge >= 0.3 is 6.09 Å². The van der Waals surface area contributed by atoms with Crippen molar-refractivity contribution in [3.63, 3.8) is 0 Å². The molecule has 7 heteroatoms. The zero-order chi connectivity index (χ0) is 24.1. The summed E-state index contributed by atoms with van der Waals surface area (Å²) < 4.78 is 5.33. The van der Waals surface area contributed by atoms with E-state index in [0.717, 1.165) is 16.7 Å². The SMILES string of the molecule is Cc1ccc(C(C(=O)NC(C)C)N(C)C(=O)C(NC(=O)OC(C)(C)C)C(C)C)c(C)c1. The van der Waals surface area contributed by atoms with E-state index < -0.39 is 23.8 Å². The number of hydrogen-bond donors (Lipinski definition) is 2. The van der Waals surface area contributed by atoms with Gasteiger partial charge in [-0.25, -0.2) is 4.79 Å². The molecule has 2 atom stereocenters. The highest BCUT2D eigenvalue weighted by molar-refractivity contribution is 5.92. The van der Waals surface area contributed by atoms with E-state index in [9.17, 15) is 14.4 Å². The van der Waals surface area contributed by atoms with Gasteiger partial charge in [-0.2, -0.15) is 0 Å². The van der Waals surface area contributed by atoms with E-state index in [0.29, 0.717) is 0 Å². The predicted molar refractivity (Wildman–Crippen MR) is 123 cm³/mol. The summed E-state index contributed by atoms with van der Waals surface area (Å²) in [5.74, 6) is -0.822. The summed E-state index contributed by atoms with van der Waals surface area (Å²) in [6.07, 6.45) is -0.664. The first kappa shape index (κ1) is 26.5. The standard InChI is InChI=1S/C24H39N3O4/c1-14(2)19(26-23(30)31-24(7,8)9)22(29)27(10)20(21(28)25-15(3)4)18-12-11-16(5)13-17(18)6/h11-15,19-20H,1-10H3,(H,25,28)(H,26,30). The van der Waals surface area contributed by atoms with Gasteiger partial charge in [0, 0.05) is 13.1 Å². The summed E-state index contributed by atoms with van der Waals surface area (Å²) in [7, 11) is 1.60. The quantitative estimate of drug-likeness (QED) is 0.683. The van der Waals surface area contributed by atoms with Crippen LogP contribution in [0.4, 0.5) is 4.79 Å². The summed E-state index contributed by atoms with van der Waals surface area (Å²) in [5, 5.41) is 5.59. The normalized spacial score (nSPS) is 13.5. The Balaban J connectivity index is 3.28. The molecule has 0 aliphatic heterocycles. The first-order valence-electron chi connectivity index (χ1n) is 10.8. The van der Waals surface area contributed by atoms with Crippen molar-refractivity contribution in [3.8, 4) is 0 Å². The summed E-state index contributed by atoms with van der Waals surface area (Å²) >= 11 is 0. The molecule has 0 aromatic heterocycles. The smallest absolute Gasteiger partial charge is 0.408 e. The highest BCUT2D eigenvalue weighted by atomic mass is 16.6. The number of aryl methyl sites for hydroxylation is 2. The Bertz CT molecular complexity index is 797. The molecule has 0 saturated heterocycles. The van der Waals surface area contributed by atoms with Crippen LogP contribution in [0, 0.1) is 19.8 Å². The second-order valence-corrected chi connectivity index (χ2v) is 9.74. The summed E-state index contributed by atoms with van der Waals surface area (Å²) in [5.41, 5.74) is 2.06. The highest BCUT2D eigenvalue weighted by Crippen LogP contribution is 2.26. The lowest BCUT2D eigenvalue weighted by Crippen LogP contribution is -2.54. The Labute approximate surface area is 186 Å². The van der Waals surface area contributed by atoms with Gasteiger partial charge in [0.15, 0.2) is 0 Å². The van der Waals surface area contributed by atoms with Crippen molar-refractivity contribution in [3.05, 3.63) is 34.9 Å². The van der Waals surface area contributed by atoms with Crippen LogP contribution in [0.5, 0.6) is 0 Å². The lowest BCUT2D eigenvalue weighted by Gasteiger charge is -2.34. The molecule has 1 rings (SSSR count). The minimum absolute atomic E-state index is 0.0787. The number of alkyl carbamates (subject to hydrolysis) is 1. The molecule has 174 valence electrons. The summed E-state index contributed by atoms with van der Waals surface area (Å²) in [6.45, 7) is 16.6. The third-order valence-corrected chi connectivity index (χ3v) is 4.74. The maximum Gasteiger partial charge on any atom is 0.408 e. The average molecular weight is 434 g/mol. The fraction of sp³-hybridized carbons (Fsp3) is 0.625. The van der Waals surface area contributed by atoms with E-state index in [1.807, 2.05) is 59.7 Å². The van der Waals surface area contributed by atoms with Gasteiger partial charge in [0.2, 0.25) is 11.8 Å². The highest BCUT2D eigenvalue weighted by Gasteiger charge is 2.36. The second kappa shape index (κ2) is 10.6. The zero-order valence-corrected chi connectivity index (χ0v) is 20.6. The Hall–Kier alpha value is -2.57. The molecule has 0 fully saturated rings. The van der Waals surface area contributed by atoms with Crippen molar-refractivity contribution in [2.24, 2.45) is 5.92 Å². The molecule has 7 nitrogen and oxygen atoms in total. The topological polar surface area (TPSA) is 87.7 Å². The number of hydrogen-bond acceptors (Lipinski definition) is 4. The largest absolute Gasteiger partial charge is 0.444 e. The third kappa shape index (κ3) is 7.89. The van der Waals surface area contributed by atoms with Crippen LogP contribution in [-0.4, -0.2) is 47.5 Å². The van der Waals surface area contributed by atoms with E-state index >= 15 is 0 Å². The van der Waals surface area contributed by atoms with Gasteiger partial charge in [-0.05, 0) is 65.5 Å². The number of nitrogens with zero attached hydrogens (tertiary/aromatic N) is 1. The molecule has 31 heavy (non-hydrogen) atoms. The number of nitrogens with one attached hydrogen (secondary N) is 2. The molecule has 0 bridgehead atoms. The van der Waals surface area contributed by atoms with Crippen molar-refractivity contribution < 1.29 is 19.1 Å². The van der Waals surface area contributed by atoms with Crippen molar-refractivity contribution in [1.82, 2.24) is 15.5 Å². The maximum absolute atomic E-state index is 13.4. The molecule has 3 amide bonds. The fourth-order valence-corrected chi connectivity index (χ4v) is 3.32. The van der Waals surface area contributed by atoms with Crippen LogP contribution in [0.25, 0.3) is 0 Å². The van der Waals surface area contributed by atoms with Gasteiger partial charge in [0.1, 0.15) is 17.7 Å². The molecule has 2 N–H and O–H groups in total. The minimum Gasteiger partial charge on any atom is -0.444 e. The number of carbonyl (C=O) groups excluding carboxylic acids is 3. The van der Waals surface area contributed by atoms with Crippen molar-refractivity contribution in [2.75, 3.05) is 7.05 Å². The van der Waals surface area contributed by atoms with Crippen molar-refractivity contribution in [1.29, 1.82) is 0 Å². The van der Waals surface area contributed by atoms with Crippen LogP contribution in [0.15, 0.2) is 18.2 Å². The van der Waals surface area contributed by atoms with Crippen molar-refractivity contribution in [2.45, 2.75) is 86.0 Å². The maximum atomic E-state index is 13.4. The van der Waals surface area contributed by atoms with E-state index in [-0.39, 0.29) is 23.8 Å². The Morgan fingerprint density at radius 1 is 1.00 bits per heavy atom. The number of amides is 3. The molecular formula is C24H39N3O4. The molecule has 0 aliphatic carbocycles. The Morgan fingerprint density at radius 3 is 2.03 bits per heavy atom. The van der Waals surface area contributed by atoms with Crippen LogP contribution in [0.1, 0.15) is 71.2 Å². The molecule has 0 radical (unpaired) electrons. The molecule has 0 saturated carbocycles. The minimum atomic E-state index is -0.833. The van der Waals surface area contributed by atoms with Gasteiger partial charge in [0.05, 0.1) is 0 Å². The molecule has 0 heterocycles. The molecule has 2 unspecified atom stereocenters. The first-order chi connectivity index (χ1) is 14.1. The molecule has 1 aromatic rings. The van der Waals surface area contributed by atoms with Crippen LogP contribution < -0.4 is 10.6 Å². The van der Waals surface area contributed by atoms with E-state index in [1.165, 1.54) is 4.90 Å². The molecule has 0 aliphatic rings. The monoisotopic (exact) mass is 433 g/mol. The first-order valence-corrected chi connectivity index (χ1v) is 10.8. The lowest BCUT2D eigenvalue weighted by atomic mass is 9.95. The summed E-state index contributed by atoms with van der Waals surface area (Å²) in [4.78, 5) is 40.3. The number of carbonyl (C=O) groups is 3. The molecule has 1 aromatic carbocycles. The molecule has 0 spiro atoms. The van der Waals surface area contributed by atoms with Crippen LogP contribution in [0.2, 0.25) is 0 Å². The zero-order valence-electron chi connectivity index (χ0n) is 20.6. The van der Waals surface area contributed by atoms with Gasteiger partial charge < -0.3 is 20.3 Å². The number of likely N-dealkylation sites (N-methyl/N-ethyl adjacent to an activating group) is 1. The van der Waals surface area contributed by atoms with Crippen molar-refractivity contribution >= 4 is 17.9 Å². The average Bonchev–Trinajstić information content (AvgIpc) is 2.58. The van der Waals surface area contributed by atoms with E-state index in [4.69, 9.17) is 4.74 Å². The number of benzene rings is 1. The Morgan fingerprint density at radius 2 is 1.58 bits per heavy atom. The van der Waals surface area contributed by atoms with Gasteiger partial charge in [0.25, 0.3) is 0 Å². The molecular weight excluding hydrogens is 394 g/mol. The van der Waals surface area contributed by atoms with Crippen LogP contribution >= 0.6 is 0 Å². The van der Waals surface area contributed by atoms with Crippen LogP contribution in [0.3, 0.4) is 0 Å². The number of rotatable bonds is 7.